The predicted molar refractivity (Wildman–Crippen MR) is 46.7 cm³/mol. The molecule has 0 fully saturated rings. The molecule has 74 valence electrons. The minimum absolute atomic E-state index is 0.0300. The minimum Gasteiger partial charge on any atom is -0.463 e. The molecule has 1 aromatic carbocycles. The van der Waals surface area contributed by atoms with Gasteiger partial charge in [0.1, 0.15) is 24.3 Å². The topological polar surface area (TPSA) is 47.6 Å². The van der Waals surface area contributed by atoms with Crippen LogP contribution in [-0.4, -0.2) is 12.6 Å². The summed E-state index contributed by atoms with van der Waals surface area (Å²) in [7, 11) is 0. The number of benzene rings is 1. The third-order valence-electron chi connectivity index (χ3n) is 2.01. The van der Waals surface area contributed by atoms with Crippen molar-refractivity contribution in [2.24, 2.45) is 10.7 Å². The number of halogens is 2. The van der Waals surface area contributed by atoms with Gasteiger partial charge >= 0.3 is 0 Å². The molecule has 1 aliphatic rings. The van der Waals surface area contributed by atoms with Crippen molar-refractivity contribution < 1.29 is 13.5 Å². The van der Waals surface area contributed by atoms with E-state index in [9.17, 15) is 8.78 Å². The lowest BCUT2D eigenvalue weighted by atomic mass is 10.1. The van der Waals surface area contributed by atoms with Gasteiger partial charge in [-0.3, -0.25) is 0 Å². The molecule has 3 nitrogen and oxygen atoms in total. The second-order valence-corrected chi connectivity index (χ2v) is 2.93. The van der Waals surface area contributed by atoms with Crippen molar-refractivity contribution >= 4 is 6.02 Å². The number of nitrogens with zero attached hydrogens (tertiary/aromatic N) is 1. The molecule has 1 aliphatic heterocycles. The molecule has 14 heavy (non-hydrogen) atoms. The van der Waals surface area contributed by atoms with E-state index in [1.807, 2.05) is 0 Å². The molecule has 1 unspecified atom stereocenters. The maximum absolute atomic E-state index is 13.2. The van der Waals surface area contributed by atoms with Crippen LogP contribution in [0.3, 0.4) is 0 Å². The van der Waals surface area contributed by atoms with Gasteiger partial charge in [-0.25, -0.2) is 13.8 Å². The molecule has 2 rings (SSSR count). The summed E-state index contributed by atoms with van der Waals surface area (Å²) in [4.78, 5) is 3.77. The van der Waals surface area contributed by atoms with Gasteiger partial charge in [-0.05, 0) is 12.1 Å². The van der Waals surface area contributed by atoms with Gasteiger partial charge in [-0.2, -0.15) is 0 Å². The zero-order chi connectivity index (χ0) is 10.1. The molecule has 1 heterocycles. The van der Waals surface area contributed by atoms with Gasteiger partial charge in [0.05, 0.1) is 5.56 Å². The monoisotopic (exact) mass is 198 g/mol. The van der Waals surface area contributed by atoms with Crippen molar-refractivity contribution in [1.82, 2.24) is 0 Å². The molecule has 1 atom stereocenters. The molecule has 0 bridgehead atoms. The van der Waals surface area contributed by atoms with E-state index in [0.717, 1.165) is 0 Å². The highest BCUT2D eigenvalue weighted by molar-refractivity contribution is 5.73. The van der Waals surface area contributed by atoms with Gasteiger partial charge in [0.15, 0.2) is 0 Å². The van der Waals surface area contributed by atoms with Crippen molar-refractivity contribution in [1.29, 1.82) is 0 Å². The highest BCUT2D eigenvalue weighted by Gasteiger charge is 2.24. The fourth-order valence-electron chi connectivity index (χ4n) is 1.37. The molecule has 0 aliphatic carbocycles. The lowest BCUT2D eigenvalue weighted by Crippen LogP contribution is -2.10. The van der Waals surface area contributed by atoms with Crippen LogP contribution in [-0.2, 0) is 4.74 Å². The molecule has 0 radical (unpaired) electrons. The lowest BCUT2D eigenvalue weighted by molar-refractivity contribution is 0.309. The van der Waals surface area contributed by atoms with Gasteiger partial charge in [0.25, 0.3) is 6.02 Å². The normalized spacial score (nSPS) is 20.4. The summed E-state index contributed by atoms with van der Waals surface area (Å²) in [6, 6.07) is 2.97. The first-order valence-electron chi connectivity index (χ1n) is 4.08. The quantitative estimate of drug-likeness (QED) is 0.740. The van der Waals surface area contributed by atoms with Gasteiger partial charge in [0, 0.05) is 0 Å². The standard InChI is InChI=1S/C9H8F2N2O/c10-5-2-1-3-6(11)8(5)7-4-14-9(12)13-7/h1-3,7H,4H2,(H2,12,13). The van der Waals surface area contributed by atoms with Crippen LogP contribution in [0.5, 0.6) is 0 Å². The minimum atomic E-state index is -0.670. The van der Waals surface area contributed by atoms with Crippen molar-refractivity contribution in [2.75, 3.05) is 6.61 Å². The van der Waals surface area contributed by atoms with Crippen LogP contribution in [0.15, 0.2) is 23.2 Å². The Bertz CT molecular complexity index is 372. The Morgan fingerprint density at radius 1 is 1.36 bits per heavy atom. The smallest absolute Gasteiger partial charge is 0.282 e. The number of aliphatic imine (C=N–C) groups is 1. The third-order valence-corrected chi connectivity index (χ3v) is 2.01. The summed E-state index contributed by atoms with van der Waals surface area (Å²) in [5.41, 5.74) is 5.16. The van der Waals surface area contributed by atoms with Crippen molar-refractivity contribution in [2.45, 2.75) is 6.04 Å². The van der Waals surface area contributed by atoms with Crippen LogP contribution < -0.4 is 5.73 Å². The maximum atomic E-state index is 13.2. The van der Waals surface area contributed by atoms with Crippen LogP contribution in [0.2, 0.25) is 0 Å². The zero-order valence-electron chi connectivity index (χ0n) is 7.21. The Labute approximate surface area is 79.2 Å². The van der Waals surface area contributed by atoms with Gasteiger partial charge < -0.3 is 10.5 Å². The van der Waals surface area contributed by atoms with Crippen molar-refractivity contribution in [3.8, 4) is 0 Å². The Hall–Kier alpha value is -1.65. The molecule has 0 spiro atoms. The number of amidine groups is 1. The highest BCUT2D eigenvalue weighted by atomic mass is 19.1. The van der Waals surface area contributed by atoms with E-state index < -0.39 is 17.7 Å². The van der Waals surface area contributed by atoms with Gasteiger partial charge in [0.2, 0.25) is 0 Å². The van der Waals surface area contributed by atoms with Crippen molar-refractivity contribution in [3.63, 3.8) is 0 Å². The molecule has 0 saturated carbocycles. The molecule has 1 aromatic rings. The summed E-state index contributed by atoms with van der Waals surface area (Å²) < 4.78 is 31.3. The maximum Gasteiger partial charge on any atom is 0.282 e. The summed E-state index contributed by atoms with van der Waals surface area (Å²) in [6.45, 7) is 0.0870. The van der Waals surface area contributed by atoms with E-state index in [2.05, 4.69) is 4.99 Å². The lowest BCUT2D eigenvalue weighted by Gasteiger charge is -2.07. The summed E-state index contributed by atoms with van der Waals surface area (Å²) >= 11 is 0. The van der Waals surface area contributed by atoms with Crippen LogP contribution in [0, 0.1) is 11.6 Å². The summed E-state index contributed by atoms with van der Waals surface area (Å²) in [6.07, 6.45) is 0. The first-order valence-corrected chi connectivity index (χ1v) is 4.08. The summed E-state index contributed by atoms with van der Waals surface area (Å²) in [5.74, 6) is -1.26. The Balaban J connectivity index is 2.41. The fraction of sp³-hybridized carbons (Fsp3) is 0.222. The first-order chi connectivity index (χ1) is 6.68. The van der Waals surface area contributed by atoms with Crippen molar-refractivity contribution in [3.05, 3.63) is 35.4 Å². The van der Waals surface area contributed by atoms with Crippen LogP contribution >= 0.6 is 0 Å². The average molecular weight is 198 g/mol. The van der Waals surface area contributed by atoms with Crippen LogP contribution in [0.4, 0.5) is 8.78 Å². The predicted octanol–water partition coefficient (Wildman–Crippen LogP) is 1.35. The number of nitrogens with two attached hydrogens (primary N) is 1. The van der Waals surface area contributed by atoms with Gasteiger partial charge in [-0.1, -0.05) is 6.07 Å². The largest absolute Gasteiger partial charge is 0.463 e. The zero-order valence-corrected chi connectivity index (χ0v) is 7.21. The molecule has 0 saturated heterocycles. The molecule has 0 aromatic heterocycles. The van der Waals surface area contributed by atoms with Crippen LogP contribution in [0.25, 0.3) is 0 Å². The van der Waals surface area contributed by atoms with E-state index >= 15 is 0 Å². The summed E-state index contributed by atoms with van der Waals surface area (Å²) in [5, 5.41) is 0. The Kier molecular flexibility index (Phi) is 2.07. The number of hydrogen-bond donors (Lipinski definition) is 1. The second kappa shape index (κ2) is 3.25. The number of rotatable bonds is 1. The molecule has 0 amide bonds. The second-order valence-electron chi connectivity index (χ2n) is 2.93. The Morgan fingerprint density at radius 2 is 2.00 bits per heavy atom. The highest BCUT2D eigenvalue weighted by Crippen LogP contribution is 2.26. The molecular formula is C9H8F2N2O. The van der Waals surface area contributed by atoms with E-state index in [4.69, 9.17) is 10.5 Å². The molecular weight excluding hydrogens is 190 g/mol. The SMILES string of the molecule is NC1=NC(c2c(F)cccc2F)CO1. The molecule has 5 heteroatoms. The fourth-order valence-corrected chi connectivity index (χ4v) is 1.37. The van der Waals surface area contributed by atoms with E-state index in [-0.39, 0.29) is 18.2 Å². The molecule has 2 N–H and O–H groups in total. The number of hydrogen-bond acceptors (Lipinski definition) is 3. The third kappa shape index (κ3) is 1.41. The van der Waals surface area contributed by atoms with Crippen LogP contribution in [0.1, 0.15) is 11.6 Å². The van der Waals surface area contributed by atoms with E-state index in [1.165, 1.54) is 18.2 Å². The van der Waals surface area contributed by atoms with E-state index in [0.29, 0.717) is 0 Å². The Morgan fingerprint density at radius 3 is 2.50 bits per heavy atom. The van der Waals surface area contributed by atoms with E-state index in [1.54, 1.807) is 0 Å². The average Bonchev–Trinajstić information content (AvgIpc) is 2.51. The number of ether oxygens (including phenoxy) is 1. The first kappa shape index (κ1) is 8.93. The van der Waals surface area contributed by atoms with Gasteiger partial charge in [-0.15, -0.1) is 0 Å².